The summed E-state index contributed by atoms with van der Waals surface area (Å²) in [4.78, 5) is 0. The van der Waals surface area contributed by atoms with Crippen molar-refractivity contribution in [1.82, 2.24) is 5.32 Å². The molecule has 29 heavy (non-hydrogen) atoms. The zero-order valence-electron chi connectivity index (χ0n) is 18.9. The van der Waals surface area contributed by atoms with E-state index < -0.39 is 8.07 Å². The first-order valence-corrected chi connectivity index (χ1v) is 14.1. The molecule has 1 unspecified atom stereocenters. The van der Waals surface area contributed by atoms with Crippen LogP contribution < -0.4 is 5.32 Å². The normalized spacial score (nSPS) is 13.7. The molecular formula is C25H37NO2Si. The van der Waals surface area contributed by atoms with E-state index in [9.17, 15) is 0 Å². The lowest BCUT2D eigenvalue weighted by molar-refractivity contribution is -0.106. The molecule has 0 aliphatic rings. The minimum Gasteiger partial charge on any atom is -0.352 e. The van der Waals surface area contributed by atoms with Crippen molar-refractivity contribution in [2.75, 3.05) is 14.2 Å². The molecule has 0 aromatic heterocycles. The summed E-state index contributed by atoms with van der Waals surface area (Å²) < 4.78 is 11.0. The maximum absolute atomic E-state index is 5.50. The zero-order chi connectivity index (χ0) is 21.3. The lowest BCUT2D eigenvalue weighted by atomic mass is 9.98. The van der Waals surface area contributed by atoms with Crippen LogP contribution in [0.3, 0.4) is 0 Å². The monoisotopic (exact) mass is 411 g/mol. The predicted molar refractivity (Wildman–Crippen MR) is 126 cm³/mol. The molecule has 0 amide bonds. The van der Waals surface area contributed by atoms with E-state index in [1.165, 1.54) is 17.2 Å². The van der Waals surface area contributed by atoms with Gasteiger partial charge >= 0.3 is 0 Å². The topological polar surface area (TPSA) is 30.5 Å². The van der Waals surface area contributed by atoms with Crippen LogP contribution in [0.15, 0.2) is 66.2 Å². The summed E-state index contributed by atoms with van der Waals surface area (Å²) in [6.45, 7) is 10.3. The zero-order valence-corrected chi connectivity index (χ0v) is 19.9. The summed E-state index contributed by atoms with van der Waals surface area (Å²) in [6.07, 6.45) is 3.00. The van der Waals surface area contributed by atoms with Crippen molar-refractivity contribution in [3.63, 3.8) is 0 Å². The van der Waals surface area contributed by atoms with Crippen molar-refractivity contribution in [2.24, 2.45) is 0 Å². The second-order valence-corrected chi connectivity index (χ2v) is 14.2. The first-order valence-electron chi connectivity index (χ1n) is 10.4. The first kappa shape index (κ1) is 23.6. The van der Waals surface area contributed by atoms with Crippen molar-refractivity contribution < 1.29 is 9.47 Å². The molecule has 2 aromatic carbocycles. The fourth-order valence-corrected chi connectivity index (χ4v) is 5.45. The Morgan fingerprint density at radius 1 is 0.966 bits per heavy atom. The summed E-state index contributed by atoms with van der Waals surface area (Å²) in [5.41, 5.74) is 5.15. The van der Waals surface area contributed by atoms with E-state index in [1.807, 2.05) is 6.07 Å². The molecule has 0 saturated carbocycles. The van der Waals surface area contributed by atoms with Gasteiger partial charge in [0.1, 0.15) is 0 Å². The number of allylic oxidation sites excluding steroid dienone is 1. The summed E-state index contributed by atoms with van der Waals surface area (Å²) in [6, 6.07) is 20.6. The van der Waals surface area contributed by atoms with Gasteiger partial charge in [0.25, 0.3) is 0 Å². The van der Waals surface area contributed by atoms with Gasteiger partial charge in [0.05, 0.1) is 0 Å². The standard InChI is InChI=1S/C25H37NO2Si/c1-7-20(19-29(4,5)6)17-24(21-13-9-8-10-14-21)26-18-22-15-11-12-16-23(22)25(27-2)28-3/h7-16,24-26H,17-19H2,1-6H3/b20-7+. The highest BCUT2D eigenvalue weighted by molar-refractivity contribution is 6.76. The second-order valence-electron chi connectivity index (χ2n) is 8.73. The molecule has 0 aliphatic carbocycles. The van der Waals surface area contributed by atoms with Gasteiger partial charge in [-0.05, 0) is 30.5 Å². The molecule has 0 aliphatic heterocycles. The van der Waals surface area contributed by atoms with Gasteiger partial charge in [0.15, 0.2) is 6.29 Å². The quantitative estimate of drug-likeness (QED) is 0.261. The minimum atomic E-state index is -1.16. The summed E-state index contributed by atoms with van der Waals surface area (Å²) in [7, 11) is 2.20. The third kappa shape index (κ3) is 7.55. The first-order chi connectivity index (χ1) is 13.9. The van der Waals surface area contributed by atoms with Crippen LogP contribution in [0.5, 0.6) is 0 Å². The van der Waals surface area contributed by atoms with Crippen LogP contribution in [-0.2, 0) is 16.0 Å². The number of hydrogen-bond donors (Lipinski definition) is 1. The van der Waals surface area contributed by atoms with Crippen LogP contribution in [0.4, 0.5) is 0 Å². The Kier molecular flexibility index (Phi) is 9.31. The van der Waals surface area contributed by atoms with E-state index in [2.05, 4.69) is 86.5 Å². The Hall–Kier alpha value is -1.72. The molecule has 0 spiro atoms. The molecule has 2 rings (SSSR count). The van der Waals surface area contributed by atoms with Crippen molar-refractivity contribution in [3.8, 4) is 0 Å². The fourth-order valence-electron chi connectivity index (χ4n) is 3.74. The third-order valence-corrected chi connectivity index (χ3v) is 6.62. The molecule has 0 radical (unpaired) electrons. The summed E-state index contributed by atoms with van der Waals surface area (Å²) >= 11 is 0. The number of ether oxygens (including phenoxy) is 2. The Morgan fingerprint density at radius 2 is 1.59 bits per heavy atom. The van der Waals surface area contributed by atoms with Crippen molar-refractivity contribution in [1.29, 1.82) is 0 Å². The highest BCUT2D eigenvalue weighted by Crippen LogP contribution is 2.28. The van der Waals surface area contributed by atoms with Gasteiger partial charge in [-0.2, -0.15) is 0 Å². The van der Waals surface area contributed by atoms with Gasteiger partial charge in [-0.25, -0.2) is 0 Å². The molecule has 1 N–H and O–H groups in total. The van der Waals surface area contributed by atoms with Crippen LogP contribution in [-0.4, -0.2) is 22.3 Å². The van der Waals surface area contributed by atoms with Gasteiger partial charge in [0.2, 0.25) is 0 Å². The van der Waals surface area contributed by atoms with E-state index in [0.717, 1.165) is 18.5 Å². The highest BCUT2D eigenvalue weighted by atomic mass is 28.3. The van der Waals surface area contributed by atoms with Gasteiger partial charge in [-0.15, -0.1) is 0 Å². The smallest absolute Gasteiger partial charge is 0.183 e. The maximum atomic E-state index is 5.50. The van der Waals surface area contributed by atoms with Gasteiger partial charge < -0.3 is 14.8 Å². The molecule has 0 fully saturated rings. The molecule has 158 valence electrons. The van der Waals surface area contributed by atoms with Crippen molar-refractivity contribution in [2.45, 2.75) is 57.9 Å². The Bertz CT molecular complexity index is 764. The number of nitrogens with one attached hydrogen (secondary N) is 1. The molecule has 0 heterocycles. The number of hydrogen-bond acceptors (Lipinski definition) is 3. The van der Waals surface area contributed by atoms with Crippen LogP contribution in [0.2, 0.25) is 25.7 Å². The predicted octanol–water partition coefficient (Wildman–Crippen LogP) is 6.48. The lowest BCUT2D eigenvalue weighted by Gasteiger charge is -2.25. The van der Waals surface area contributed by atoms with E-state index in [1.54, 1.807) is 19.8 Å². The SMILES string of the molecule is C/C=C(\CC(NCc1ccccc1C(OC)OC)c1ccccc1)C[Si](C)(C)C. The van der Waals surface area contributed by atoms with Gasteiger partial charge in [-0.1, -0.05) is 85.9 Å². The lowest BCUT2D eigenvalue weighted by Crippen LogP contribution is -2.25. The average molecular weight is 412 g/mol. The molecular weight excluding hydrogens is 374 g/mol. The van der Waals surface area contributed by atoms with E-state index >= 15 is 0 Å². The van der Waals surface area contributed by atoms with E-state index in [0.29, 0.717) is 0 Å². The van der Waals surface area contributed by atoms with Crippen LogP contribution >= 0.6 is 0 Å². The van der Waals surface area contributed by atoms with E-state index in [-0.39, 0.29) is 12.3 Å². The van der Waals surface area contributed by atoms with Gasteiger partial charge in [0, 0.05) is 40.4 Å². The number of rotatable bonds is 11. The summed E-state index contributed by atoms with van der Waals surface area (Å²) in [5, 5.41) is 3.81. The second kappa shape index (κ2) is 11.5. The highest BCUT2D eigenvalue weighted by Gasteiger charge is 2.20. The van der Waals surface area contributed by atoms with Crippen molar-refractivity contribution in [3.05, 3.63) is 82.9 Å². The number of methoxy groups -OCH3 is 2. The molecule has 0 saturated heterocycles. The maximum Gasteiger partial charge on any atom is 0.183 e. The van der Waals surface area contributed by atoms with Gasteiger partial charge in [-0.3, -0.25) is 0 Å². The van der Waals surface area contributed by atoms with Crippen molar-refractivity contribution >= 4 is 8.07 Å². The van der Waals surface area contributed by atoms with Crippen LogP contribution in [0.1, 0.15) is 42.4 Å². The Labute approximate surface area is 178 Å². The molecule has 4 heteroatoms. The molecule has 3 nitrogen and oxygen atoms in total. The van der Waals surface area contributed by atoms with Crippen LogP contribution in [0, 0.1) is 0 Å². The summed E-state index contributed by atoms with van der Waals surface area (Å²) in [5.74, 6) is 0. The Morgan fingerprint density at radius 3 is 2.17 bits per heavy atom. The van der Waals surface area contributed by atoms with Crippen LogP contribution in [0.25, 0.3) is 0 Å². The molecule has 2 aromatic rings. The fraction of sp³-hybridized carbons (Fsp3) is 0.440. The number of benzene rings is 2. The molecule has 1 atom stereocenters. The third-order valence-electron chi connectivity index (χ3n) is 5.11. The van der Waals surface area contributed by atoms with E-state index in [4.69, 9.17) is 9.47 Å². The average Bonchev–Trinajstić information content (AvgIpc) is 2.71. The Balaban J connectivity index is 2.22. The minimum absolute atomic E-state index is 0.273. The molecule has 0 bridgehead atoms. The largest absolute Gasteiger partial charge is 0.352 e.